The van der Waals surface area contributed by atoms with Crippen molar-refractivity contribution in [2.24, 2.45) is 7.05 Å². The molecular weight excluding hydrogens is 504 g/mol. The van der Waals surface area contributed by atoms with Crippen LogP contribution in [0, 0.1) is 11.3 Å². The van der Waals surface area contributed by atoms with Gasteiger partial charge in [0.2, 0.25) is 0 Å². The Labute approximate surface area is 233 Å². The molecule has 1 aliphatic carbocycles. The summed E-state index contributed by atoms with van der Waals surface area (Å²) in [6.07, 6.45) is 10.4. The molecule has 3 aromatic heterocycles. The number of carbonyl (C=O) groups excluding carboxylic acids is 1. The largest absolute Gasteiger partial charge is 0.497 e. The second-order valence-electron chi connectivity index (χ2n) is 9.88. The minimum absolute atomic E-state index is 0.0170. The zero-order chi connectivity index (χ0) is 27.9. The number of amides is 2. The summed E-state index contributed by atoms with van der Waals surface area (Å²) in [4.78, 5) is 24.5. The van der Waals surface area contributed by atoms with Crippen LogP contribution >= 0.6 is 0 Å². The summed E-state index contributed by atoms with van der Waals surface area (Å²) in [5.41, 5.74) is 3.97. The zero-order valence-electron chi connectivity index (χ0n) is 22.6. The molecule has 5 rings (SSSR count). The lowest BCUT2D eigenvalue weighted by molar-refractivity contribution is 0.240. The average Bonchev–Trinajstić information content (AvgIpc) is 3.44. The molecule has 2 amide bonds. The number of methoxy groups -OCH3 is 1. The van der Waals surface area contributed by atoms with Crippen LogP contribution in [0.2, 0.25) is 0 Å². The highest BCUT2D eigenvalue weighted by atomic mass is 16.5. The van der Waals surface area contributed by atoms with Gasteiger partial charge in [-0.2, -0.15) is 10.4 Å². The van der Waals surface area contributed by atoms with E-state index in [0.29, 0.717) is 12.1 Å². The fourth-order valence-corrected chi connectivity index (χ4v) is 5.02. The molecule has 0 saturated heterocycles. The number of urea groups is 1. The number of carbonyl (C=O) groups is 1. The molecule has 40 heavy (non-hydrogen) atoms. The minimum Gasteiger partial charge on any atom is -0.497 e. The van der Waals surface area contributed by atoms with Crippen LogP contribution in [0.4, 0.5) is 16.3 Å². The topological polar surface area (TPSA) is 121 Å². The zero-order valence-corrected chi connectivity index (χ0v) is 22.6. The van der Waals surface area contributed by atoms with Crippen molar-refractivity contribution in [3.8, 4) is 23.1 Å². The first-order valence-corrected chi connectivity index (χ1v) is 13.3. The number of nitrogens with zero attached hydrogens (tertiary/aromatic N) is 6. The molecule has 0 unspecified atom stereocenters. The normalized spacial score (nSPS) is 16.5. The van der Waals surface area contributed by atoms with Gasteiger partial charge in [0.05, 0.1) is 36.4 Å². The summed E-state index contributed by atoms with van der Waals surface area (Å²) in [6.45, 7) is 0.384. The first kappa shape index (κ1) is 26.7. The van der Waals surface area contributed by atoms with Gasteiger partial charge in [-0.25, -0.2) is 9.78 Å². The molecule has 0 bridgehead atoms. The molecule has 3 heterocycles. The van der Waals surface area contributed by atoms with Crippen molar-refractivity contribution in [3.05, 3.63) is 84.4 Å². The van der Waals surface area contributed by atoms with Crippen molar-refractivity contribution >= 4 is 17.5 Å². The van der Waals surface area contributed by atoms with Crippen LogP contribution in [-0.4, -0.2) is 45.0 Å². The van der Waals surface area contributed by atoms with E-state index in [-0.39, 0.29) is 18.1 Å². The van der Waals surface area contributed by atoms with E-state index in [1.54, 1.807) is 36.4 Å². The first-order chi connectivity index (χ1) is 19.5. The van der Waals surface area contributed by atoms with E-state index in [0.717, 1.165) is 59.8 Å². The van der Waals surface area contributed by atoms with Gasteiger partial charge < -0.3 is 15.4 Å². The maximum absolute atomic E-state index is 13.7. The number of benzene rings is 1. The number of aromatic nitrogens is 4. The second-order valence-corrected chi connectivity index (χ2v) is 9.88. The number of anilines is 2. The standard InChI is InChI=1S/C30H32N8O2/c1-37-20-23(18-35-37)28-12-11-26(19-32-28)38(30(39)34-16-21-4-3-5-27(14-21)40-2)25-9-7-24(8-10-25)36-29-13-6-22(15-31)17-33-29/h3-6,11-14,17-20,24-25H,7-10,16H2,1-2H3,(H,33,36)(H,34,39). The van der Waals surface area contributed by atoms with Crippen molar-refractivity contribution in [3.63, 3.8) is 0 Å². The average molecular weight is 537 g/mol. The third-order valence-corrected chi connectivity index (χ3v) is 7.13. The van der Waals surface area contributed by atoms with E-state index < -0.39 is 0 Å². The molecule has 0 spiro atoms. The molecule has 10 heteroatoms. The first-order valence-electron chi connectivity index (χ1n) is 13.3. The van der Waals surface area contributed by atoms with Gasteiger partial charge >= 0.3 is 6.03 Å². The summed E-state index contributed by atoms with van der Waals surface area (Å²) in [7, 11) is 3.50. The molecule has 1 fully saturated rings. The fourth-order valence-electron chi connectivity index (χ4n) is 5.02. The number of nitriles is 1. The van der Waals surface area contributed by atoms with Crippen LogP contribution in [-0.2, 0) is 13.6 Å². The third kappa shape index (κ3) is 6.38. The summed E-state index contributed by atoms with van der Waals surface area (Å²) in [6, 6.07) is 17.3. The quantitative estimate of drug-likeness (QED) is 0.329. The number of hydrogen-bond donors (Lipinski definition) is 2. The Kier molecular flexibility index (Phi) is 8.21. The number of ether oxygens (including phenoxy) is 1. The van der Waals surface area contributed by atoms with E-state index in [4.69, 9.17) is 10.00 Å². The Hall–Kier alpha value is -4.91. The van der Waals surface area contributed by atoms with Crippen LogP contribution < -0.4 is 20.3 Å². The predicted molar refractivity (Wildman–Crippen MR) is 153 cm³/mol. The molecule has 0 atom stereocenters. The van der Waals surface area contributed by atoms with E-state index in [2.05, 4.69) is 31.8 Å². The smallest absolute Gasteiger partial charge is 0.322 e. The Morgan fingerprint density at radius 1 is 1.10 bits per heavy atom. The van der Waals surface area contributed by atoms with Crippen LogP contribution in [0.15, 0.2) is 73.3 Å². The van der Waals surface area contributed by atoms with Gasteiger partial charge in [-0.3, -0.25) is 14.6 Å². The summed E-state index contributed by atoms with van der Waals surface area (Å²) < 4.78 is 7.06. The van der Waals surface area contributed by atoms with Crippen molar-refractivity contribution in [2.45, 2.75) is 44.3 Å². The van der Waals surface area contributed by atoms with Crippen molar-refractivity contribution in [2.75, 3.05) is 17.3 Å². The van der Waals surface area contributed by atoms with E-state index in [9.17, 15) is 4.79 Å². The molecule has 0 radical (unpaired) electrons. The number of hydrogen-bond acceptors (Lipinski definition) is 7. The van der Waals surface area contributed by atoms with Gasteiger partial charge in [0, 0.05) is 43.6 Å². The van der Waals surface area contributed by atoms with Gasteiger partial charge in [-0.15, -0.1) is 0 Å². The van der Waals surface area contributed by atoms with Crippen LogP contribution in [0.5, 0.6) is 5.75 Å². The van der Waals surface area contributed by atoms with E-state index in [1.807, 2.05) is 60.6 Å². The summed E-state index contributed by atoms with van der Waals surface area (Å²) >= 11 is 0. The molecular formula is C30H32N8O2. The van der Waals surface area contributed by atoms with Gasteiger partial charge in [-0.1, -0.05) is 12.1 Å². The van der Waals surface area contributed by atoms with Crippen molar-refractivity contribution in [1.29, 1.82) is 5.26 Å². The van der Waals surface area contributed by atoms with Gasteiger partial charge in [-0.05, 0) is 67.6 Å². The lowest BCUT2D eigenvalue weighted by Gasteiger charge is -2.37. The molecule has 1 saturated carbocycles. The highest BCUT2D eigenvalue weighted by Crippen LogP contribution is 2.30. The SMILES string of the molecule is COc1cccc(CNC(=O)N(c2ccc(-c3cnn(C)c3)nc2)C2CCC(Nc3ccc(C#N)cn3)CC2)c1. The molecule has 1 aromatic carbocycles. The number of nitrogens with one attached hydrogen (secondary N) is 2. The number of pyridine rings is 2. The Morgan fingerprint density at radius 3 is 2.60 bits per heavy atom. The predicted octanol–water partition coefficient (Wildman–Crippen LogP) is 4.90. The molecule has 2 N–H and O–H groups in total. The lowest BCUT2D eigenvalue weighted by Crippen LogP contribution is -2.48. The highest BCUT2D eigenvalue weighted by molar-refractivity contribution is 5.92. The second kappa shape index (κ2) is 12.3. The van der Waals surface area contributed by atoms with Crippen molar-refractivity contribution < 1.29 is 9.53 Å². The minimum atomic E-state index is -0.163. The monoisotopic (exact) mass is 536 g/mol. The van der Waals surface area contributed by atoms with Crippen LogP contribution in [0.25, 0.3) is 11.3 Å². The highest BCUT2D eigenvalue weighted by Gasteiger charge is 2.30. The Bertz CT molecular complexity index is 1470. The van der Waals surface area contributed by atoms with Crippen LogP contribution in [0.3, 0.4) is 0 Å². The maximum atomic E-state index is 13.7. The number of rotatable bonds is 8. The molecule has 1 aliphatic rings. The van der Waals surface area contributed by atoms with Gasteiger partial charge in [0.25, 0.3) is 0 Å². The van der Waals surface area contributed by atoms with Crippen LogP contribution in [0.1, 0.15) is 36.8 Å². The summed E-state index contributed by atoms with van der Waals surface area (Å²) in [5.74, 6) is 1.51. The fraction of sp³-hybridized carbons (Fsp3) is 0.300. The molecule has 0 aliphatic heterocycles. The number of aryl methyl sites for hydroxylation is 1. The van der Waals surface area contributed by atoms with E-state index in [1.165, 1.54) is 0 Å². The van der Waals surface area contributed by atoms with E-state index >= 15 is 0 Å². The maximum Gasteiger partial charge on any atom is 0.322 e. The molecule has 4 aromatic rings. The molecule has 204 valence electrons. The summed E-state index contributed by atoms with van der Waals surface area (Å²) in [5, 5.41) is 19.8. The Balaban J connectivity index is 1.30. The van der Waals surface area contributed by atoms with Gasteiger partial charge in [0.15, 0.2) is 0 Å². The Morgan fingerprint density at radius 2 is 1.95 bits per heavy atom. The van der Waals surface area contributed by atoms with Crippen molar-refractivity contribution in [1.82, 2.24) is 25.1 Å². The third-order valence-electron chi connectivity index (χ3n) is 7.13. The lowest BCUT2D eigenvalue weighted by atomic mass is 9.90. The van der Waals surface area contributed by atoms with Gasteiger partial charge in [0.1, 0.15) is 17.6 Å². The molecule has 10 nitrogen and oxygen atoms in total.